The van der Waals surface area contributed by atoms with E-state index < -0.39 is 23.8 Å². The number of benzene rings is 1. The van der Waals surface area contributed by atoms with E-state index in [1.54, 1.807) is 19.9 Å². The number of rotatable bonds is 4. The summed E-state index contributed by atoms with van der Waals surface area (Å²) < 4.78 is 29.0. The van der Waals surface area contributed by atoms with Gasteiger partial charge in [0.15, 0.2) is 23.3 Å². The van der Waals surface area contributed by atoms with Crippen molar-refractivity contribution in [2.24, 2.45) is 0 Å². The Bertz CT molecular complexity index is 959. The maximum atomic E-state index is 13.8. The summed E-state index contributed by atoms with van der Waals surface area (Å²) >= 11 is 0. The van der Waals surface area contributed by atoms with Crippen LogP contribution in [0, 0.1) is 19.7 Å². The van der Waals surface area contributed by atoms with Gasteiger partial charge in [-0.15, -0.1) is 0 Å². The van der Waals surface area contributed by atoms with Crippen LogP contribution in [0.2, 0.25) is 0 Å². The van der Waals surface area contributed by atoms with Gasteiger partial charge < -0.3 is 19.0 Å². The van der Waals surface area contributed by atoms with Crippen LogP contribution in [0.15, 0.2) is 33.2 Å². The molecule has 25 heavy (non-hydrogen) atoms. The third-order valence-corrected chi connectivity index (χ3v) is 3.63. The first-order valence-electron chi connectivity index (χ1n) is 7.49. The van der Waals surface area contributed by atoms with Crippen molar-refractivity contribution in [3.8, 4) is 0 Å². The zero-order chi connectivity index (χ0) is 18.1. The second kappa shape index (κ2) is 6.39. The Balaban J connectivity index is 1.74. The molecule has 0 radical (unpaired) electrons. The summed E-state index contributed by atoms with van der Waals surface area (Å²) in [5.41, 5.74) is 0.418. The molecule has 1 aromatic carbocycles. The predicted molar refractivity (Wildman–Crippen MR) is 85.7 cm³/mol. The number of hydrogen-bond acceptors (Lipinski definition) is 6. The van der Waals surface area contributed by atoms with Crippen molar-refractivity contribution in [3.63, 3.8) is 0 Å². The number of halogens is 1. The number of hydrogen-bond donors (Lipinski definition) is 1. The molecule has 130 valence electrons. The average molecular weight is 346 g/mol. The quantitative estimate of drug-likeness (QED) is 0.728. The molecule has 0 aliphatic carbocycles. The summed E-state index contributed by atoms with van der Waals surface area (Å²) in [6.07, 6.45) is -1.11. The van der Waals surface area contributed by atoms with E-state index in [1.807, 2.05) is 0 Å². The number of esters is 1. The SMILES string of the molecule is Cc1cc(NC(=O)[C@@H](C)OC(=O)c2oc3c(F)cccc3c2C)no1. The second-order valence-corrected chi connectivity index (χ2v) is 5.53. The third-order valence-electron chi connectivity index (χ3n) is 3.63. The van der Waals surface area contributed by atoms with E-state index in [0.717, 1.165) is 0 Å². The van der Waals surface area contributed by atoms with Crippen molar-refractivity contribution in [2.75, 3.05) is 5.32 Å². The summed E-state index contributed by atoms with van der Waals surface area (Å²) in [6, 6.07) is 5.91. The first-order valence-corrected chi connectivity index (χ1v) is 7.49. The average Bonchev–Trinajstić information content (AvgIpc) is 3.12. The Kier molecular flexibility index (Phi) is 4.26. The van der Waals surface area contributed by atoms with Gasteiger partial charge in [-0.05, 0) is 26.8 Å². The van der Waals surface area contributed by atoms with Crippen LogP contribution < -0.4 is 5.32 Å². The predicted octanol–water partition coefficient (Wildman–Crippen LogP) is 3.36. The standard InChI is InChI=1S/C17H15FN2O5/c1-8-7-13(20-25-8)19-16(21)10(3)23-17(22)14-9(2)11-5-4-6-12(18)15(11)24-14/h4-7,10H,1-3H3,(H,19,20,21)/t10-/m1/s1. The summed E-state index contributed by atoms with van der Waals surface area (Å²) in [4.78, 5) is 24.3. The minimum Gasteiger partial charge on any atom is -0.447 e. The number of nitrogens with one attached hydrogen (secondary N) is 1. The molecule has 8 heteroatoms. The Morgan fingerprint density at radius 1 is 1.32 bits per heavy atom. The van der Waals surface area contributed by atoms with Crippen molar-refractivity contribution in [3.05, 3.63) is 47.2 Å². The van der Waals surface area contributed by atoms with E-state index in [1.165, 1.54) is 25.1 Å². The fourth-order valence-corrected chi connectivity index (χ4v) is 2.32. The smallest absolute Gasteiger partial charge is 0.375 e. The Hall–Kier alpha value is -3.16. The van der Waals surface area contributed by atoms with E-state index in [2.05, 4.69) is 10.5 Å². The summed E-state index contributed by atoms with van der Waals surface area (Å²) in [5.74, 6) is -1.41. The number of aromatic nitrogens is 1. The highest BCUT2D eigenvalue weighted by atomic mass is 19.1. The van der Waals surface area contributed by atoms with E-state index in [-0.39, 0.29) is 17.2 Å². The molecule has 1 atom stereocenters. The first-order chi connectivity index (χ1) is 11.9. The molecule has 0 fully saturated rings. The summed E-state index contributed by atoms with van der Waals surface area (Å²) in [7, 11) is 0. The zero-order valence-electron chi connectivity index (χ0n) is 13.8. The number of fused-ring (bicyclic) bond motifs is 1. The third kappa shape index (κ3) is 3.23. The molecule has 3 rings (SSSR count). The lowest BCUT2D eigenvalue weighted by Gasteiger charge is -2.11. The van der Waals surface area contributed by atoms with Crippen LogP contribution in [0.4, 0.5) is 10.2 Å². The molecule has 2 heterocycles. The van der Waals surface area contributed by atoms with Crippen molar-refractivity contribution in [1.29, 1.82) is 0 Å². The van der Waals surface area contributed by atoms with Gasteiger partial charge in [0, 0.05) is 17.0 Å². The number of anilines is 1. The Morgan fingerprint density at radius 3 is 2.72 bits per heavy atom. The minimum atomic E-state index is -1.11. The van der Waals surface area contributed by atoms with Gasteiger partial charge >= 0.3 is 5.97 Å². The lowest BCUT2D eigenvalue weighted by Crippen LogP contribution is -2.30. The van der Waals surface area contributed by atoms with Crippen LogP contribution in [0.3, 0.4) is 0 Å². The van der Waals surface area contributed by atoms with Crippen molar-refractivity contribution < 1.29 is 27.7 Å². The van der Waals surface area contributed by atoms with Gasteiger partial charge in [0.25, 0.3) is 5.91 Å². The Morgan fingerprint density at radius 2 is 2.08 bits per heavy atom. The van der Waals surface area contributed by atoms with Gasteiger partial charge in [-0.1, -0.05) is 17.3 Å². The van der Waals surface area contributed by atoms with Crippen LogP contribution >= 0.6 is 0 Å². The van der Waals surface area contributed by atoms with Crippen LogP contribution in [-0.4, -0.2) is 23.1 Å². The molecule has 3 aromatic rings. The fraction of sp³-hybridized carbons (Fsp3) is 0.235. The molecular formula is C17H15FN2O5. The number of para-hydroxylation sites is 1. The van der Waals surface area contributed by atoms with Gasteiger partial charge in [-0.2, -0.15) is 0 Å². The molecule has 0 aliphatic heterocycles. The molecule has 7 nitrogen and oxygen atoms in total. The molecule has 0 unspecified atom stereocenters. The lowest BCUT2D eigenvalue weighted by molar-refractivity contribution is -0.123. The van der Waals surface area contributed by atoms with E-state index in [0.29, 0.717) is 16.7 Å². The highest BCUT2D eigenvalue weighted by Gasteiger charge is 2.25. The Labute approximate surface area is 141 Å². The van der Waals surface area contributed by atoms with Crippen molar-refractivity contribution >= 4 is 28.7 Å². The number of carbonyl (C=O) groups is 2. The number of carbonyl (C=O) groups excluding carboxylic acids is 2. The number of furan rings is 1. The normalized spacial score (nSPS) is 12.2. The van der Waals surface area contributed by atoms with E-state index in [9.17, 15) is 14.0 Å². The van der Waals surface area contributed by atoms with Crippen LogP contribution in [0.1, 0.15) is 28.8 Å². The zero-order valence-corrected chi connectivity index (χ0v) is 13.8. The molecule has 0 saturated heterocycles. The highest BCUT2D eigenvalue weighted by molar-refractivity contribution is 5.99. The molecule has 0 spiro atoms. The van der Waals surface area contributed by atoms with Gasteiger partial charge in [0.2, 0.25) is 5.76 Å². The van der Waals surface area contributed by atoms with Gasteiger partial charge in [0.1, 0.15) is 5.76 Å². The topological polar surface area (TPSA) is 94.6 Å². The largest absolute Gasteiger partial charge is 0.447 e. The van der Waals surface area contributed by atoms with Crippen molar-refractivity contribution in [2.45, 2.75) is 26.9 Å². The number of ether oxygens (including phenoxy) is 1. The van der Waals surface area contributed by atoms with Crippen LogP contribution in [0.5, 0.6) is 0 Å². The van der Waals surface area contributed by atoms with Gasteiger partial charge in [-0.25, -0.2) is 9.18 Å². The molecule has 0 bridgehead atoms. The maximum absolute atomic E-state index is 13.8. The molecule has 1 amide bonds. The maximum Gasteiger partial charge on any atom is 0.375 e. The number of amides is 1. The molecule has 2 aromatic heterocycles. The number of nitrogens with zero attached hydrogens (tertiary/aromatic N) is 1. The monoisotopic (exact) mass is 346 g/mol. The highest BCUT2D eigenvalue weighted by Crippen LogP contribution is 2.28. The molecule has 0 aliphatic rings. The van der Waals surface area contributed by atoms with Gasteiger partial charge in [-0.3, -0.25) is 4.79 Å². The van der Waals surface area contributed by atoms with Crippen molar-refractivity contribution in [1.82, 2.24) is 5.16 Å². The molecular weight excluding hydrogens is 331 g/mol. The fourth-order valence-electron chi connectivity index (χ4n) is 2.32. The summed E-state index contributed by atoms with van der Waals surface area (Å²) in [5, 5.41) is 6.55. The van der Waals surface area contributed by atoms with E-state index >= 15 is 0 Å². The summed E-state index contributed by atoms with van der Waals surface area (Å²) in [6.45, 7) is 4.69. The van der Waals surface area contributed by atoms with E-state index in [4.69, 9.17) is 13.7 Å². The second-order valence-electron chi connectivity index (χ2n) is 5.53. The van der Waals surface area contributed by atoms with Gasteiger partial charge in [0.05, 0.1) is 0 Å². The molecule has 1 N–H and O–H groups in total. The number of aryl methyl sites for hydroxylation is 2. The lowest BCUT2D eigenvalue weighted by atomic mass is 10.1. The van der Waals surface area contributed by atoms with Crippen LogP contribution in [-0.2, 0) is 9.53 Å². The molecule has 0 saturated carbocycles. The minimum absolute atomic E-state index is 0.0258. The first kappa shape index (κ1) is 16.7. The van der Waals surface area contributed by atoms with Crippen LogP contribution in [0.25, 0.3) is 11.0 Å².